The molecule has 0 saturated heterocycles. The number of hydrogen-bond acceptors (Lipinski definition) is 7. The third-order valence-corrected chi connectivity index (χ3v) is 6.81. The molecule has 0 atom stereocenters. The molecule has 3 aromatic heterocycles. The van der Waals surface area contributed by atoms with E-state index >= 15 is 0 Å². The molecule has 0 radical (unpaired) electrons. The molecule has 0 aliphatic heterocycles. The first-order valence-electron chi connectivity index (χ1n) is 9.58. The standard InChI is InChI=1S/C22H16ClN5O2S2/c1-30-17-6-3-2-5-16(17)28-20(18-7-4-10-31-18)26-27-22(28)32-12-19-24-15-11-13(23)8-9-14(15)21(29)25-19/h2-11H,12H2,1H3,(H,24,25,29). The van der Waals surface area contributed by atoms with Crippen LogP contribution in [0.5, 0.6) is 5.75 Å². The molecule has 0 aliphatic rings. The molecule has 2 aromatic carbocycles. The van der Waals surface area contributed by atoms with Gasteiger partial charge in [-0.25, -0.2) is 0 Å². The predicted octanol–water partition coefficient (Wildman–Crippen LogP) is 5.19. The molecule has 3 heterocycles. The Hall–Kier alpha value is -3.14. The summed E-state index contributed by atoms with van der Waals surface area (Å²) in [6.45, 7) is 0. The number of thiophene rings is 1. The minimum atomic E-state index is -0.295. The molecule has 0 amide bonds. The number of H-pyrrole nitrogens is 1. The van der Waals surface area contributed by atoms with Gasteiger partial charge in [0, 0.05) is 5.02 Å². The molecule has 0 fully saturated rings. The Morgan fingerprint density at radius 3 is 2.84 bits per heavy atom. The van der Waals surface area contributed by atoms with Crippen LogP contribution in [0.15, 0.2) is 69.9 Å². The Labute approximate surface area is 196 Å². The SMILES string of the molecule is COc1ccccc1-n1c(SCc2nc(=O)c3ccc(Cl)cc3[nH]2)nnc1-c1cccs1. The molecule has 10 heteroatoms. The van der Waals surface area contributed by atoms with E-state index in [4.69, 9.17) is 16.3 Å². The molecule has 1 N–H and O–H groups in total. The normalized spacial score (nSPS) is 11.2. The molecule has 0 aliphatic carbocycles. The molecule has 160 valence electrons. The van der Waals surface area contributed by atoms with Crippen LogP contribution in [0.1, 0.15) is 5.82 Å². The number of aromatic nitrogens is 5. The number of nitrogens with one attached hydrogen (secondary N) is 1. The number of aromatic amines is 1. The maximum Gasteiger partial charge on any atom is 0.280 e. The first-order chi connectivity index (χ1) is 15.6. The third kappa shape index (κ3) is 3.90. The molecule has 0 spiro atoms. The quantitative estimate of drug-likeness (QED) is 0.336. The zero-order valence-electron chi connectivity index (χ0n) is 16.8. The van der Waals surface area contributed by atoms with Gasteiger partial charge in [-0.1, -0.05) is 41.6 Å². The summed E-state index contributed by atoms with van der Waals surface area (Å²) < 4.78 is 7.54. The topological polar surface area (TPSA) is 85.7 Å². The van der Waals surface area contributed by atoms with Crippen molar-refractivity contribution in [3.63, 3.8) is 0 Å². The number of methoxy groups -OCH3 is 1. The van der Waals surface area contributed by atoms with Gasteiger partial charge < -0.3 is 9.72 Å². The number of ether oxygens (including phenoxy) is 1. The number of para-hydroxylation sites is 2. The van der Waals surface area contributed by atoms with Gasteiger partial charge in [0.15, 0.2) is 11.0 Å². The van der Waals surface area contributed by atoms with E-state index < -0.39 is 0 Å². The van der Waals surface area contributed by atoms with Crippen molar-refractivity contribution >= 4 is 45.6 Å². The van der Waals surface area contributed by atoms with Gasteiger partial charge in [0.1, 0.15) is 11.6 Å². The molecule has 0 bridgehead atoms. The van der Waals surface area contributed by atoms with Gasteiger partial charge in [0.25, 0.3) is 5.56 Å². The molecule has 7 nitrogen and oxygen atoms in total. The van der Waals surface area contributed by atoms with Gasteiger partial charge in [-0.05, 0) is 41.8 Å². The maximum atomic E-state index is 12.4. The van der Waals surface area contributed by atoms with Crippen LogP contribution >= 0.6 is 34.7 Å². The molecule has 5 aromatic rings. The summed E-state index contributed by atoms with van der Waals surface area (Å²) in [5, 5.41) is 12.6. The van der Waals surface area contributed by atoms with Gasteiger partial charge in [0.05, 0.1) is 34.3 Å². The van der Waals surface area contributed by atoms with Crippen LogP contribution in [0.4, 0.5) is 0 Å². The molecule has 0 saturated carbocycles. The second-order valence-electron chi connectivity index (χ2n) is 6.76. The summed E-state index contributed by atoms with van der Waals surface area (Å²) in [4.78, 5) is 20.8. The highest BCUT2D eigenvalue weighted by atomic mass is 35.5. The molecule has 0 unspecified atom stereocenters. The van der Waals surface area contributed by atoms with E-state index in [1.165, 1.54) is 11.8 Å². The average molecular weight is 482 g/mol. The number of rotatable bonds is 6. The van der Waals surface area contributed by atoms with Crippen molar-refractivity contribution in [3.05, 3.63) is 81.2 Å². The van der Waals surface area contributed by atoms with E-state index in [-0.39, 0.29) is 5.56 Å². The van der Waals surface area contributed by atoms with Crippen LogP contribution in [-0.4, -0.2) is 31.8 Å². The van der Waals surface area contributed by atoms with E-state index in [0.717, 1.165) is 16.4 Å². The van der Waals surface area contributed by atoms with Crippen molar-refractivity contribution in [2.24, 2.45) is 0 Å². The van der Waals surface area contributed by atoms with Crippen LogP contribution in [0.2, 0.25) is 5.02 Å². The second kappa shape index (κ2) is 8.78. The average Bonchev–Trinajstić information content (AvgIpc) is 3.47. The lowest BCUT2D eigenvalue weighted by Crippen LogP contribution is -2.11. The summed E-state index contributed by atoms with van der Waals surface area (Å²) in [5.41, 5.74) is 1.19. The Kier molecular flexibility index (Phi) is 5.69. The highest BCUT2D eigenvalue weighted by Crippen LogP contribution is 2.34. The van der Waals surface area contributed by atoms with E-state index in [2.05, 4.69) is 20.2 Å². The first-order valence-corrected chi connectivity index (χ1v) is 11.8. The lowest BCUT2D eigenvalue weighted by molar-refractivity contribution is 0.412. The van der Waals surface area contributed by atoms with Gasteiger partial charge >= 0.3 is 0 Å². The number of halogens is 1. The van der Waals surface area contributed by atoms with Crippen molar-refractivity contribution in [3.8, 4) is 22.1 Å². The summed E-state index contributed by atoms with van der Waals surface area (Å²) >= 11 is 9.10. The van der Waals surface area contributed by atoms with Gasteiger partial charge in [-0.2, -0.15) is 4.98 Å². The maximum absolute atomic E-state index is 12.4. The number of fused-ring (bicyclic) bond motifs is 1. The number of thioether (sulfide) groups is 1. The van der Waals surface area contributed by atoms with E-state index in [0.29, 0.717) is 38.4 Å². The van der Waals surface area contributed by atoms with E-state index in [9.17, 15) is 4.79 Å². The van der Waals surface area contributed by atoms with Crippen molar-refractivity contribution in [1.82, 2.24) is 24.7 Å². The lowest BCUT2D eigenvalue weighted by atomic mass is 10.2. The lowest BCUT2D eigenvalue weighted by Gasteiger charge is -2.13. The number of nitrogens with zero attached hydrogens (tertiary/aromatic N) is 4. The summed E-state index contributed by atoms with van der Waals surface area (Å²) in [6.07, 6.45) is 0. The number of benzene rings is 2. The Balaban J connectivity index is 1.55. The Morgan fingerprint density at radius 1 is 1.16 bits per heavy atom. The summed E-state index contributed by atoms with van der Waals surface area (Å²) in [7, 11) is 1.63. The van der Waals surface area contributed by atoms with Crippen LogP contribution in [-0.2, 0) is 5.75 Å². The largest absolute Gasteiger partial charge is 0.495 e. The van der Waals surface area contributed by atoms with Crippen LogP contribution in [0.3, 0.4) is 0 Å². The monoisotopic (exact) mass is 481 g/mol. The van der Waals surface area contributed by atoms with Crippen molar-refractivity contribution in [1.29, 1.82) is 0 Å². The van der Waals surface area contributed by atoms with Gasteiger partial charge in [-0.3, -0.25) is 9.36 Å². The van der Waals surface area contributed by atoms with Crippen LogP contribution < -0.4 is 10.3 Å². The molecule has 32 heavy (non-hydrogen) atoms. The zero-order chi connectivity index (χ0) is 22.1. The zero-order valence-corrected chi connectivity index (χ0v) is 19.2. The van der Waals surface area contributed by atoms with E-state index in [1.807, 2.05) is 46.3 Å². The van der Waals surface area contributed by atoms with Crippen LogP contribution in [0, 0.1) is 0 Å². The highest BCUT2D eigenvalue weighted by Gasteiger charge is 2.20. The first kappa shape index (κ1) is 20.7. The van der Waals surface area contributed by atoms with Gasteiger partial charge in [-0.15, -0.1) is 21.5 Å². The van der Waals surface area contributed by atoms with Crippen molar-refractivity contribution < 1.29 is 4.74 Å². The minimum absolute atomic E-state index is 0.295. The molecule has 5 rings (SSSR count). The van der Waals surface area contributed by atoms with Crippen molar-refractivity contribution in [2.75, 3.05) is 7.11 Å². The van der Waals surface area contributed by atoms with Gasteiger partial charge in [0.2, 0.25) is 0 Å². The van der Waals surface area contributed by atoms with Crippen molar-refractivity contribution in [2.45, 2.75) is 10.9 Å². The second-order valence-corrected chi connectivity index (χ2v) is 9.08. The highest BCUT2D eigenvalue weighted by molar-refractivity contribution is 7.98. The smallest absolute Gasteiger partial charge is 0.280 e. The Morgan fingerprint density at radius 2 is 2.03 bits per heavy atom. The predicted molar refractivity (Wildman–Crippen MR) is 128 cm³/mol. The number of hydrogen-bond donors (Lipinski definition) is 1. The fourth-order valence-corrected chi connectivity index (χ4v) is 5.02. The minimum Gasteiger partial charge on any atom is -0.495 e. The Bertz CT molecular complexity index is 1460. The van der Waals surface area contributed by atoms with E-state index in [1.54, 1.807) is 36.6 Å². The molecular weight excluding hydrogens is 466 g/mol. The summed E-state index contributed by atoms with van der Waals surface area (Å²) in [6, 6.07) is 16.8. The molecular formula is C22H16ClN5O2S2. The third-order valence-electron chi connectivity index (χ3n) is 4.77. The van der Waals surface area contributed by atoms with Crippen LogP contribution in [0.25, 0.3) is 27.3 Å². The fourth-order valence-electron chi connectivity index (χ4n) is 3.33. The fraction of sp³-hybridized carbons (Fsp3) is 0.0909. The summed E-state index contributed by atoms with van der Waals surface area (Å²) in [5.74, 6) is 2.36.